The summed E-state index contributed by atoms with van der Waals surface area (Å²) >= 11 is 7.28. The zero-order valence-corrected chi connectivity index (χ0v) is 19.2. The summed E-state index contributed by atoms with van der Waals surface area (Å²) in [4.78, 5) is 28.5. The van der Waals surface area contributed by atoms with E-state index in [1.54, 1.807) is 30.3 Å². The lowest BCUT2D eigenvalue weighted by molar-refractivity contribution is -0.139. The number of carbonyl (C=O) groups excluding carboxylic acids is 2. The van der Waals surface area contributed by atoms with Gasteiger partial charge in [0.05, 0.1) is 5.75 Å². The van der Waals surface area contributed by atoms with Gasteiger partial charge >= 0.3 is 0 Å². The van der Waals surface area contributed by atoms with Gasteiger partial charge in [-0.2, -0.15) is 0 Å². The Balaban J connectivity index is 1.87. The van der Waals surface area contributed by atoms with Crippen LogP contribution in [0.2, 0.25) is 5.02 Å². The van der Waals surface area contributed by atoms with Crippen LogP contribution in [-0.4, -0.2) is 35.6 Å². The van der Waals surface area contributed by atoms with Gasteiger partial charge in [-0.25, -0.2) is 4.39 Å². The Kier molecular flexibility index (Phi) is 8.71. The van der Waals surface area contributed by atoms with Crippen molar-refractivity contribution in [3.8, 4) is 0 Å². The van der Waals surface area contributed by atoms with Crippen LogP contribution in [-0.2, 0) is 22.6 Å². The van der Waals surface area contributed by atoms with E-state index in [0.29, 0.717) is 17.0 Å². The average molecular weight is 471 g/mol. The lowest BCUT2D eigenvalue weighted by atomic mass is 10.0. The topological polar surface area (TPSA) is 49.4 Å². The minimum Gasteiger partial charge on any atom is -0.357 e. The van der Waals surface area contributed by atoms with Gasteiger partial charge < -0.3 is 10.2 Å². The first-order valence-corrected chi connectivity index (χ1v) is 11.5. The number of amides is 2. The number of nitrogens with one attached hydrogen (secondary N) is 1. The fraction of sp³-hybridized carbons (Fsp3) is 0.200. The summed E-state index contributed by atoms with van der Waals surface area (Å²) in [5.74, 6) is -0.850. The van der Waals surface area contributed by atoms with Gasteiger partial charge in [0.15, 0.2) is 0 Å². The molecule has 3 aromatic carbocycles. The third-order valence-corrected chi connectivity index (χ3v) is 6.24. The van der Waals surface area contributed by atoms with Gasteiger partial charge in [0.1, 0.15) is 11.9 Å². The van der Waals surface area contributed by atoms with E-state index in [1.807, 2.05) is 42.5 Å². The van der Waals surface area contributed by atoms with Gasteiger partial charge in [0.2, 0.25) is 11.8 Å². The Labute approximate surface area is 196 Å². The third kappa shape index (κ3) is 6.58. The van der Waals surface area contributed by atoms with Crippen molar-refractivity contribution < 1.29 is 14.0 Å². The highest BCUT2D eigenvalue weighted by Gasteiger charge is 2.30. The number of nitrogens with zero attached hydrogens (tertiary/aromatic N) is 1. The zero-order chi connectivity index (χ0) is 22.9. The normalized spacial score (nSPS) is 11.6. The highest BCUT2D eigenvalue weighted by atomic mass is 35.5. The van der Waals surface area contributed by atoms with Crippen LogP contribution in [0.5, 0.6) is 0 Å². The molecule has 166 valence electrons. The van der Waals surface area contributed by atoms with Gasteiger partial charge in [-0.1, -0.05) is 60.1 Å². The third-order valence-electron chi connectivity index (χ3n) is 4.99. The van der Waals surface area contributed by atoms with Crippen molar-refractivity contribution in [1.29, 1.82) is 0 Å². The van der Waals surface area contributed by atoms with Crippen LogP contribution in [0.4, 0.5) is 4.39 Å². The van der Waals surface area contributed by atoms with Crippen LogP contribution in [0.1, 0.15) is 11.1 Å². The molecule has 4 nitrogen and oxygen atoms in total. The van der Waals surface area contributed by atoms with E-state index < -0.39 is 11.9 Å². The fourth-order valence-electron chi connectivity index (χ4n) is 3.29. The fourth-order valence-corrected chi connectivity index (χ4v) is 4.20. The largest absolute Gasteiger partial charge is 0.357 e. The minimum absolute atomic E-state index is 0.00238. The van der Waals surface area contributed by atoms with Crippen molar-refractivity contribution >= 4 is 35.2 Å². The smallest absolute Gasteiger partial charge is 0.242 e. The molecule has 0 aliphatic rings. The Morgan fingerprint density at radius 3 is 2.31 bits per heavy atom. The Morgan fingerprint density at radius 2 is 1.66 bits per heavy atom. The summed E-state index contributed by atoms with van der Waals surface area (Å²) in [7, 11) is 1.54. The maximum Gasteiger partial charge on any atom is 0.242 e. The number of rotatable bonds is 9. The number of likely N-dealkylation sites (N-methyl/N-ethyl adjacent to an activating group) is 1. The molecule has 1 atom stereocenters. The van der Waals surface area contributed by atoms with Gasteiger partial charge in [-0.15, -0.1) is 11.8 Å². The maximum atomic E-state index is 14.4. The van der Waals surface area contributed by atoms with Crippen LogP contribution < -0.4 is 5.32 Å². The molecule has 32 heavy (non-hydrogen) atoms. The molecule has 0 spiro atoms. The van der Waals surface area contributed by atoms with E-state index in [1.165, 1.54) is 29.8 Å². The van der Waals surface area contributed by atoms with E-state index >= 15 is 0 Å². The Bertz CT molecular complexity index is 1050. The lowest BCUT2D eigenvalue weighted by Crippen LogP contribution is -2.50. The average Bonchev–Trinajstić information content (AvgIpc) is 2.82. The molecule has 2 amide bonds. The first kappa shape index (κ1) is 23.8. The summed E-state index contributed by atoms with van der Waals surface area (Å²) < 4.78 is 14.4. The summed E-state index contributed by atoms with van der Waals surface area (Å²) in [6, 6.07) is 22.2. The first-order valence-electron chi connectivity index (χ1n) is 10.1. The molecular formula is C25H24ClFN2O2S. The van der Waals surface area contributed by atoms with Crippen molar-refractivity contribution in [1.82, 2.24) is 10.2 Å². The highest BCUT2D eigenvalue weighted by molar-refractivity contribution is 8.00. The van der Waals surface area contributed by atoms with E-state index in [2.05, 4.69) is 5.32 Å². The second-order valence-corrected chi connectivity index (χ2v) is 8.66. The number of hydrogen-bond donors (Lipinski definition) is 1. The number of carbonyl (C=O) groups is 2. The first-order chi connectivity index (χ1) is 15.5. The summed E-state index contributed by atoms with van der Waals surface area (Å²) in [5, 5.41) is 3.27. The van der Waals surface area contributed by atoms with Gasteiger partial charge in [-0.05, 0) is 35.9 Å². The van der Waals surface area contributed by atoms with Crippen LogP contribution in [0.25, 0.3) is 0 Å². The van der Waals surface area contributed by atoms with Crippen molar-refractivity contribution in [3.05, 3.63) is 101 Å². The molecule has 0 bridgehead atoms. The van der Waals surface area contributed by atoms with Gasteiger partial charge in [-0.3, -0.25) is 9.59 Å². The molecule has 0 aromatic heterocycles. The maximum absolute atomic E-state index is 14.4. The van der Waals surface area contributed by atoms with Crippen molar-refractivity contribution in [2.75, 3.05) is 12.8 Å². The quantitative estimate of drug-likeness (QED) is 0.450. The van der Waals surface area contributed by atoms with Crippen LogP contribution in [0.3, 0.4) is 0 Å². The molecule has 3 rings (SSSR count). The summed E-state index contributed by atoms with van der Waals surface area (Å²) in [6.45, 7) is -0.00238. The molecule has 0 fully saturated rings. The number of halogens is 2. The SMILES string of the molecule is CNC(=O)[C@@H](Cc1ccccc1)N(Cc1ccccc1F)C(=O)CSc1ccc(Cl)cc1. The van der Waals surface area contributed by atoms with Crippen LogP contribution in [0, 0.1) is 5.82 Å². The monoisotopic (exact) mass is 470 g/mol. The van der Waals surface area contributed by atoms with E-state index in [0.717, 1.165) is 10.5 Å². The van der Waals surface area contributed by atoms with Crippen molar-refractivity contribution in [2.45, 2.75) is 23.9 Å². The summed E-state index contributed by atoms with van der Waals surface area (Å²) in [5.41, 5.74) is 1.28. The molecule has 0 aliphatic carbocycles. The zero-order valence-electron chi connectivity index (χ0n) is 17.6. The molecule has 3 aromatic rings. The molecule has 0 unspecified atom stereocenters. The second kappa shape index (κ2) is 11.7. The lowest BCUT2D eigenvalue weighted by Gasteiger charge is -2.31. The van der Waals surface area contributed by atoms with E-state index in [4.69, 9.17) is 11.6 Å². The van der Waals surface area contributed by atoms with Gasteiger partial charge in [0.25, 0.3) is 0 Å². The molecule has 0 saturated carbocycles. The summed E-state index contributed by atoms with van der Waals surface area (Å²) in [6.07, 6.45) is 0.326. The van der Waals surface area contributed by atoms with Crippen molar-refractivity contribution in [3.63, 3.8) is 0 Å². The predicted octanol–water partition coefficient (Wildman–Crippen LogP) is 4.96. The molecule has 0 aliphatic heterocycles. The molecule has 0 radical (unpaired) electrons. The Hall–Kier alpha value is -2.83. The molecule has 1 N–H and O–H groups in total. The minimum atomic E-state index is -0.777. The molecule has 0 saturated heterocycles. The molecule has 7 heteroatoms. The van der Waals surface area contributed by atoms with E-state index in [-0.39, 0.29) is 24.1 Å². The van der Waals surface area contributed by atoms with Crippen molar-refractivity contribution in [2.24, 2.45) is 0 Å². The Morgan fingerprint density at radius 1 is 1.00 bits per heavy atom. The second-order valence-electron chi connectivity index (χ2n) is 7.18. The molecule has 0 heterocycles. The standard InChI is InChI=1S/C25H24ClFN2O2S/c1-28-25(31)23(15-18-7-3-2-4-8-18)29(16-19-9-5-6-10-22(19)27)24(30)17-32-21-13-11-20(26)12-14-21/h2-14,23H,15-17H2,1H3,(H,28,31)/t23-/m1/s1. The number of thioether (sulfide) groups is 1. The van der Waals surface area contributed by atoms with E-state index in [9.17, 15) is 14.0 Å². The van der Waals surface area contributed by atoms with Crippen LogP contribution in [0.15, 0.2) is 83.8 Å². The van der Waals surface area contributed by atoms with Crippen LogP contribution >= 0.6 is 23.4 Å². The molecular weight excluding hydrogens is 447 g/mol. The van der Waals surface area contributed by atoms with Gasteiger partial charge in [0, 0.05) is 35.5 Å². The number of hydrogen-bond acceptors (Lipinski definition) is 3. The predicted molar refractivity (Wildman–Crippen MR) is 127 cm³/mol. The highest BCUT2D eigenvalue weighted by Crippen LogP contribution is 2.23. The number of benzene rings is 3.